The molecule has 3 atom stereocenters. The molecule has 9 rings (SSSR count). The maximum atomic E-state index is 13.9. The van der Waals surface area contributed by atoms with Crippen molar-refractivity contribution in [3.8, 4) is 23.0 Å². The quantitative estimate of drug-likeness (QED) is 0.182. The van der Waals surface area contributed by atoms with Crippen molar-refractivity contribution in [2.75, 3.05) is 45.7 Å². The zero-order chi connectivity index (χ0) is 36.4. The Kier molecular flexibility index (Phi) is 8.66. The first-order valence-corrected chi connectivity index (χ1v) is 19.2. The number of nitrogens with two attached hydrogens (primary N) is 1. The predicted molar refractivity (Wildman–Crippen MR) is 206 cm³/mol. The van der Waals surface area contributed by atoms with Crippen LogP contribution in [-0.2, 0) is 18.4 Å². The van der Waals surface area contributed by atoms with Gasteiger partial charge >= 0.3 is 0 Å². The van der Waals surface area contributed by atoms with E-state index in [1.165, 1.54) is 29.3 Å². The lowest BCUT2D eigenvalue weighted by Crippen LogP contribution is -2.41. The molecule has 0 radical (unpaired) electrons. The van der Waals surface area contributed by atoms with Crippen molar-refractivity contribution in [3.63, 3.8) is 0 Å². The Morgan fingerprint density at radius 1 is 0.906 bits per heavy atom. The lowest BCUT2D eigenvalue weighted by molar-refractivity contribution is -0.117. The number of fused-ring (bicyclic) bond motifs is 4. The molecule has 2 saturated carbocycles. The Morgan fingerprint density at radius 3 is 2.42 bits per heavy atom. The zero-order valence-electron chi connectivity index (χ0n) is 30.9. The molecule has 11 nitrogen and oxygen atoms in total. The molecule has 276 valence electrons. The fraction of sp³-hybridized carbons (Fsp3) is 0.452. The minimum atomic E-state index is -0.0270. The molecule has 2 aliphatic heterocycles. The summed E-state index contributed by atoms with van der Waals surface area (Å²) in [4.78, 5) is 36.3. The van der Waals surface area contributed by atoms with E-state index in [2.05, 4.69) is 43.6 Å². The van der Waals surface area contributed by atoms with Crippen LogP contribution in [0.25, 0.3) is 33.5 Å². The number of benzene rings is 3. The van der Waals surface area contributed by atoms with Crippen LogP contribution in [0.5, 0.6) is 11.5 Å². The molecule has 2 aromatic heterocycles. The van der Waals surface area contributed by atoms with Crippen molar-refractivity contribution < 1.29 is 19.1 Å². The van der Waals surface area contributed by atoms with E-state index in [1.54, 1.807) is 14.2 Å². The van der Waals surface area contributed by atoms with E-state index in [1.807, 2.05) is 48.3 Å². The standard InChI is InChI=1S/C42H49N7O4/c1-46-40-32(19-29(21-36(40)53-3)42(51)49-23-28-13-14-33(49)38(28)43)45-41(46)34-20-27-7-6-8-30(39(27)48(34)22-25-11-12-25)26-15-17-47(18-16-26)24-37(50)44-31-9-4-5-10-35(31)52-2/h4-10,19-21,25-26,28,33,38H,11-18,22-24,43H2,1-3H3,(H,44,50)/t28-,33-,38-/m1/s1. The molecule has 3 N–H and O–H groups in total. The Hall–Kier alpha value is -4.87. The fourth-order valence-electron chi connectivity index (χ4n) is 9.43. The molecule has 4 fully saturated rings. The summed E-state index contributed by atoms with van der Waals surface area (Å²) in [7, 11) is 5.33. The maximum absolute atomic E-state index is 13.9. The third-order valence-corrected chi connectivity index (χ3v) is 12.4. The molecule has 4 heterocycles. The van der Waals surface area contributed by atoms with Gasteiger partial charge in [0.25, 0.3) is 5.91 Å². The van der Waals surface area contributed by atoms with Crippen LogP contribution in [0.3, 0.4) is 0 Å². The minimum absolute atomic E-state index is 0.00986. The van der Waals surface area contributed by atoms with Crippen LogP contribution >= 0.6 is 0 Å². The van der Waals surface area contributed by atoms with E-state index in [0.29, 0.717) is 47.0 Å². The molecule has 2 aliphatic carbocycles. The first-order valence-electron chi connectivity index (χ1n) is 19.2. The summed E-state index contributed by atoms with van der Waals surface area (Å²) in [5.41, 5.74) is 13.1. The monoisotopic (exact) mass is 715 g/mol. The minimum Gasteiger partial charge on any atom is -0.495 e. The molecule has 5 aromatic rings. The number of nitrogens with one attached hydrogen (secondary N) is 1. The summed E-state index contributed by atoms with van der Waals surface area (Å²) >= 11 is 0. The van der Waals surface area contributed by atoms with Gasteiger partial charge in [0.05, 0.1) is 43.2 Å². The molecule has 2 bridgehead atoms. The number of imidazole rings is 1. The first-order chi connectivity index (χ1) is 25.8. The number of ether oxygens (including phenoxy) is 2. The van der Waals surface area contributed by atoms with Crippen LogP contribution in [-0.4, -0.2) is 88.2 Å². The molecule has 0 unspecified atom stereocenters. The fourth-order valence-corrected chi connectivity index (χ4v) is 9.43. The highest BCUT2D eigenvalue weighted by Crippen LogP contribution is 2.42. The van der Waals surface area contributed by atoms with E-state index in [-0.39, 0.29) is 23.9 Å². The van der Waals surface area contributed by atoms with Gasteiger partial charge in [-0.1, -0.05) is 30.3 Å². The van der Waals surface area contributed by atoms with Gasteiger partial charge in [-0.2, -0.15) is 0 Å². The molecule has 3 aromatic carbocycles. The highest BCUT2D eigenvalue weighted by atomic mass is 16.5. The molecule has 2 amide bonds. The van der Waals surface area contributed by atoms with E-state index in [9.17, 15) is 9.59 Å². The van der Waals surface area contributed by atoms with Gasteiger partial charge < -0.3 is 34.6 Å². The molecule has 53 heavy (non-hydrogen) atoms. The van der Waals surface area contributed by atoms with Gasteiger partial charge in [0, 0.05) is 43.2 Å². The number of methoxy groups -OCH3 is 2. The summed E-state index contributed by atoms with van der Waals surface area (Å²) in [6.07, 6.45) is 6.51. The molecule has 4 aliphatic rings. The SMILES string of the molecule is COc1ccccc1NC(=O)CN1CCC(c2cccc3cc(-c4nc5cc(C(=O)N6C[C@H]7CC[C@@H]6[C@@H]7N)cc(OC)c5n4C)n(CC4CC4)c23)CC1. The van der Waals surface area contributed by atoms with E-state index < -0.39 is 0 Å². The highest BCUT2D eigenvalue weighted by molar-refractivity contribution is 6.01. The average molecular weight is 716 g/mol. The van der Waals surface area contributed by atoms with Gasteiger partial charge in [-0.05, 0) is 105 Å². The summed E-state index contributed by atoms with van der Waals surface area (Å²) < 4.78 is 16.0. The summed E-state index contributed by atoms with van der Waals surface area (Å²) in [6, 6.07) is 20.5. The second kappa shape index (κ2) is 13.5. The number of nitrogens with zero attached hydrogens (tertiary/aromatic N) is 5. The van der Waals surface area contributed by atoms with Crippen molar-refractivity contribution in [2.24, 2.45) is 24.6 Å². The molecule has 0 spiro atoms. The molecular weight excluding hydrogens is 667 g/mol. The van der Waals surface area contributed by atoms with Crippen molar-refractivity contribution in [1.82, 2.24) is 23.9 Å². The van der Waals surface area contributed by atoms with Crippen molar-refractivity contribution in [1.29, 1.82) is 0 Å². The summed E-state index contributed by atoms with van der Waals surface area (Å²) in [6.45, 7) is 3.73. The number of aryl methyl sites for hydroxylation is 1. The van der Waals surface area contributed by atoms with E-state index in [4.69, 9.17) is 20.2 Å². The number of aromatic nitrogens is 3. The first kappa shape index (κ1) is 33.9. The number of anilines is 1. The van der Waals surface area contributed by atoms with Crippen molar-refractivity contribution in [3.05, 3.63) is 71.8 Å². The van der Waals surface area contributed by atoms with Gasteiger partial charge in [-0.15, -0.1) is 0 Å². The number of piperidine rings is 2. The van der Waals surface area contributed by atoms with Crippen LogP contribution in [0.2, 0.25) is 0 Å². The van der Waals surface area contributed by atoms with Gasteiger partial charge in [0.15, 0.2) is 5.82 Å². The number of rotatable bonds is 10. The number of amides is 2. The lowest BCUT2D eigenvalue weighted by Gasteiger charge is -2.32. The van der Waals surface area contributed by atoms with Gasteiger partial charge in [0.2, 0.25) is 5.91 Å². The number of carbonyl (C=O) groups is 2. The summed E-state index contributed by atoms with van der Waals surface area (Å²) in [5.74, 6) is 3.58. The second-order valence-corrected chi connectivity index (χ2v) is 15.6. The number of carbonyl (C=O) groups excluding carboxylic acids is 2. The molecule has 11 heteroatoms. The van der Waals surface area contributed by atoms with Gasteiger partial charge in [-0.3, -0.25) is 14.5 Å². The molecular formula is C42H49N7O4. The third kappa shape index (κ3) is 6.03. The highest BCUT2D eigenvalue weighted by Gasteiger charge is 2.47. The Balaban J connectivity index is 1.00. The van der Waals surface area contributed by atoms with E-state index >= 15 is 0 Å². The number of para-hydroxylation sites is 3. The number of hydrogen-bond donors (Lipinski definition) is 2. The van der Waals surface area contributed by atoms with Crippen LogP contribution in [0.4, 0.5) is 5.69 Å². The summed E-state index contributed by atoms with van der Waals surface area (Å²) in [5, 5.41) is 4.24. The van der Waals surface area contributed by atoms with E-state index in [0.717, 1.165) is 74.4 Å². The van der Waals surface area contributed by atoms with Gasteiger partial charge in [-0.25, -0.2) is 4.98 Å². The predicted octanol–water partition coefficient (Wildman–Crippen LogP) is 6.00. The normalized spacial score (nSPS) is 21.9. The Labute approximate surface area is 310 Å². The van der Waals surface area contributed by atoms with Crippen LogP contribution in [0.15, 0.2) is 60.7 Å². The topological polar surface area (TPSA) is 120 Å². The smallest absolute Gasteiger partial charge is 0.254 e. The number of hydrogen-bond acceptors (Lipinski definition) is 7. The van der Waals surface area contributed by atoms with Gasteiger partial charge in [0.1, 0.15) is 17.0 Å². The maximum Gasteiger partial charge on any atom is 0.254 e. The van der Waals surface area contributed by atoms with Crippen LogP contribution in [0, 0.1) is 11.8 Å². The average Bonchev–Trinajstić information content (AvgIpc) is 3.56. The Bertz CT molecular complexity index is 2210. The third-order valence-electron chi connectivity index (χ3n) is 12.4. The van der Waals surface area contributed by atoms with Crippen LogP contribution < -0.4 is 20.5 Å². The second-order valence-electron chi connectivity index (χ2n) is 15.6. The lowest BCUT2D eigenvalue weighted by atomic mass is 9.88. The van der Waals surface area contributed by atoms with Crippen molar-refractivity contribution in [2.45, 2.75) is 63.1 Å². The molecule has 2 saturated heterocycles. The zero-order valence-corrected chi connectivity index (χ0v) is 30.9. The largest absolute Gasteiger partial charge is 0.495 e. The Morgan fingerprint density at radius 2 is 1.70 bits per heavy atom. The van der Waals surface area contributed by atoms with Crippen molar-refractivity contribution >= 4 is 39.4 Å². The number of likely N-dealkylation sites (tertiary alicyclic amines) is 2. The van der Waals surface area contributed by atoms with Crippen LogP contribution in [0.1, 0.15) is 60.4 Å².